The molecule has 0 radical (unpaired) electrons. The number of benzene rings is 1. The first-order valence-electron chi connectivity index (χ1n) is 7.36. The third-order valence-electron chi connectivity index (χ3n) is 3.78. The Morgan fingerprint density at radius 2 is 2.32 bits per heavy atom. The second-order valence-corrected chi connectivity index (χ2v) is 5.57. The maximum Gasteiger partial charge on any atom is 0.290 e. The molecule has 116 valence electrons. The molecule has 1 N–H and O–H groups in total. The number of aryl methyl sites for hydroxylation is 1. The average Bonchev–Trinajstić information content (AvgIpc) is 2.94. The zero-order valence-corrected chi connectivity index (χ0v) is 12.4. The lowest BCUT2D eigenvalue weighted by molar-refractivity contribution is 0.0895. The molecule has 1 aliphatic heterocycles. The van der Waals surface area contributed by atoms with Gasteiger partial charge in [-0.1, -0.05) is 11.2 Å². The van der Waals surface area contributed by atoms with Crippen molar-refractivity contribution >= 4 is 11.6 Å². The second-order valence-electron chi connectivity index (χ2n) is 5.57. The van der Waals surface area contributed by atoms with E-state index >= 15 is 0 Å². The highest BCUT2D eigenvalue weighted by Crippen LogP contribution is 2.21. The summed E-state index contributed by atoms with van der Waals surface area (Å²) >= 11 is 0. The van der Waals surface area contributed by atoms with Crippen molar-refractivity contribution in [3.63, 3.8) is 0 Å². The largest absolute Gasteiger partial charge is 0.369 e. The van der Waals surface area contributed by atoms with Gasteiger partial charge in [0.1, 0.15) is 5.82 Å². The van der Waals surface area contributed by atoms with Crippen molar-refractivity contribution in [2.24, 2.45) is 0 Å². The third kappa shape index (κ3) is 3.27. The quantitative estimate of drug-likeness (QED) is 0.946. The van der Waals surface area contributed by atoms with Crippen LogP contribution in [0.5, 0.6) is 0 Å². The van der Waals surface area contributed by atoms with Gasteiger partial charge in [0.05, 0.1) is 5.69 Å². The Balaban J connectivity index is 1.64. The number of anilines is 1. The summed E-state index contributed by atoms with van der Waals surface area (Å²) in [5.41, 5.74) is 1.52. The normalized spacial score (nSPS) is 18.3. The average molecular weight is 303 g/mol. The molecule has 3 rings (SSSR count). The predicted octanol–water partition coefficient (Wildman–Crippen LogP) is 2.52. The smallest absolute Gasteiger partial charge is 0.290 e. The van der Waals surface area contributed by atoms with E-state index in [9.17, 15) is 9.18 Å². The van der Waals surface area contributed by atoms with Gasteiger partial charge >= 0.3 is 0 Å². The van der Waals surface area contributed by atoms with Crippen LogP contribution in [0.4, 0.5) is 10.1 Å². The number of carbonyl (C=O) groups is 1. The van der Waals surface area contributed by atoms with E-state index in [1.54, 1.807) is 19.1 Å². The van der Waals surface area contributed by atoms with Gasteiger partial charge in [0.2, 0.25) is 5.76 Å². The first-order valence-corrected chi connectivity index (χ1v) is 7.36. The molecule has 6 heteroatoms. The van der Waals surface area contributed by atoms with E-state index in [2.05, 4.69) is 15.4 Å². The number of amides is 1. The summed E-state index contributed by atoms with van der Waals surface area (Å²) in [5, 5.41) is 6.67. The fourth-order valence-corrected chi connectivity index (χ4v) is 2.73. The fraction of sp³-hybridized carbons (Fsp3) is 0.375. The maximum atomic E-state index is 13.3. The molecule has 22 heavy (non-hydrogen) atoms. The minimum atomic E-state index is -0.258. The number of rotatable bonds is 3. The van der Waals surface area contributed by atoms with Crippen molar-refractivity contribution in [2.75, 3.05) is 18.0 Å². The van der Waals surface area contributed by atoms with Crippen LogP contribution in [0.15, 0.2) is 34.9 Å². The minimum absolute atomic E-state index is 0.00919. The monoisotopic (exact) mass is 303 g/mol. The maximum absolute atomic E-state index is 13.3. The molecule has 1 aromatic heterocycles. The van der Waals surface area contributed by atoms with E-state index in [0.717, 1.165) is 25.1 Å². The van der Waals surface area contributed by atoms with Crippen molar-refractivity contribution in [1.29, 1.82) is 0 Å². The number of aromatic nitrogens is 1. The van der Waals surface area contributed by atoms with E-state index in [1.807, 2.05) is 6.07 Å². The van der Waals surface area contributed by atoms with Crippen LogP contribution in [0.3, 0.4) is 0 Å². The summed E-state index contributed by atoms with van der Waals surface area (Å²) < 4.78 is 18.3. The van der Waals surface area contributed by atoms with Crippen LogP contribution in [-0.4, -0.2) is 30.2 Å². The van der Waals surface area contributed by atoms with Gasteiger partial charge in [-0.15, -0.1) is 0 Å². The van der Waals surface area contributed by atoms with Crippen LogP contribution >= 0.6 is 0 Å². The van der Waals surface area contributed by atoms with E-state index in [4.69, 9.17) is 4.52 Å². The highest BCUT2D eigenvalue weighted by atomic mass is 19.1. The molecule has 1 fully saturated rings. The fourth-order valence-electron chi connectivity index (χ4n) is 2.73. The summed E-state index contributed by atoms with van der Waals surface area (Å²) in [5.74, 6) is -0.284. The minimum Gasteiger partial charge on any atom is -0.369 e. The summed E-state index contributed by atoms with van der Waals surface area (Å²) in [6, 6.07) is 8.15. The van der Waals surface area contributed by atoms with E-state index in [0.29, 0.717) is 12.2 Å². The van der Waals surface area contributed by atoms with Gasteiger partial charge in [-0.05, 0) is 38.0 Å². The van der Waals surface area contributed by atoms with Gasteiger partial charge in [0.25, 0.3) is 5.91 Å². The molecule has 1 atom stereocenters. The van der Waals surface area contributed by atoms with Gasteiger partial charge in [0, 0.05) is 30.9 Å². The molecule has 1 aromatic carbocycles. The van der Waals surface area contributed by atoms with Crippen molar-refractivity contribution in [1.82, 2.24) is 10.5 Å². The highest BCUT2D eigenvalue weighted by Gasteiger charge is 2.23. The zero-order valence-electron chi connectivity index (χ0n) is 12.4. The Bertz CT molecular complexity index is 671. The summed E-state index contributed by atoms with van der Waals surface area (Å²) in [7, 11) is 0. The number of halogens is 1. The molecule has 0 spiro atoms. The van der Waals surface area contributed by atoms with Crippen molar-refractivity contribution < 1.29 is 13.7 Å². The molecule has 0 aliphatic carbocycles. The molecule has 1 aliphatic rings. The zero-order chi connectivity index (χ0) is 15.5. The first-order chi connectivity index (χ1) is 10.6. The topological polar surface area (TPSA) is 58.4 Å². The first kappa shape index (κ1) is 14.6. The van der Waals surface area contributed by atoms with Crippen LogP contribution in [0, 0.1) is 12.7 Å². The lowest BCUT2D eigenvalue weighted by atomic mass is 10.0. The molecule has 2 heterocycles. The number of nitrogens with zero attached hydrogens (tertiary/aromatic N) is 2. The molecule has 2 aromatic rings. The van der Waals surface area contributed by atoms with Crippen molar-refractivity contribution in [3.8, 4) is 0 Å². The molecule has 0 bridgehead atoms. The Hall–Kier alpha value is -2.37. The lowest BCUT2D eigenvalue weighted by Crippen LogP contribution is -2.47. The standard InChI is InChI=1S/C16H18FN3O2/c1-11-8-15(22-19-11)16(21)18-13-5-3-7-20(10-13)14-6-2-4-12(17)9-14/h2,4,6,8-9,13H,3,5,7,10H2,1H3,(H,18,21). The molecule has 1 amide bonds. The van der Waals surface area contributed by atoms with Gasteiger partial charge in [0.15, 0.2) is 0 Å². The van der Waals surface area contributed by atoms with Crippen LogP contribution in [-0.2, 0) is 0 Å². The van der Waals surface area contributed by atoms with Crippen LogP contribution in [0.2, 0.25) is 0 Å². The molecular formula is C16H18FN3O2. The van der Waals surface area contributed by atoms with Crippen molar-refractivity contribution in [2.45, 2.75) is 25.8 Å². The van der Waals surface area contributed by atoms with Gasteiger partial charge in [-0.3, -0.25) is 4.79 Å². The molecule has 0 saturated carbocycles. The highest BCUT2D eigenvalue weighted by molar-refractivity contribution is 5.91. The number of carbonyl (C=O) groups excluding carboxylic acids is 1. The summed E-state index contributed by atoms with van der Waals surface area (Å²) in [6.07, 6.45) is 1.83. The number of hydrogen-bond donors (Lipinski definition) is 1. The van der Waals surface area contributed by atoms with Gasteiger partial charge in [-0.25, -0.2) is 4.39 Å². The Kier molecular flexibility index (Phi) is 4.09. The molecule has 1 saturated heterocycles. The van der Waals surface area contributed by atoms with Crippen LogP contribution in [0.1, 0.15) is 29.1 Å². The van der Waals surface area contributed by atoms with E-state index in [1.165, 1.54) is 12.1 Å². The lowest BCUT2D eigenvalue weighted by Gasteiger charge is -2.34. The van der Waals surface area contributed by atoms with E-state index in [-0.39, 0.29) is 23.5 Å². The number of hydrogen-bond acceptors (Lipinski definition) is 4. The van der Waals surface area contributed by atoms with Gasteiger partial charge in [-0.2, -0.15) is 0 Å². The molecule has 5 nitrogen and oxygen atoms in total. The molecular weight excluding hydrogens is 285 g/mol. The van der Waals surface area contributed by atoms with Gasteiger partial charge < -0.3 is 14.7 Å². The SMILES string of the molecule is Cc1cc(C(=O)NC2CCCN(c3cccc(F)c3)C2)on1. The Morgan fingerprint density at radius 1 is 1.45 bits per heavy atom. The Morgan fingerprint density at radius 3 is 3.05 bits per heavy atom. The van der Waals surface area contributed by atoms with E-state index < -0.39 is 0 Å². The summed E-state index contributed by atoms with van der Waals surface area (Å²) in [6.45, 7) is 3.28. The predicted molar refractivity (Wildman–Crippen MR) is 80.3 cm³/mol. The number of nitrogens with one attached hydrogen (secondary N) is 1. The van der Waals surface area contributed by atoms with Crippen molar-refractivity contribution in [3.05, 3.63) is 47.6 Å². The summed E-state index contributed by atoms with van der Waals surface area (Å²) in [4.78, 5) is 14.2. The molecule has 1 unspecified atom stereocenters. The van der Waals surface area contributed by atoms with Crippen LogP contribution < -0.4 is 10.2 Å². The van der Waals surface area contributed by atoms with Crippen LogP contribution in [0.25, 0.3) is 0 Å². The Labute approximate surface area is 128 Å². The number of piperidine rings is 1. The third-order valence-corrected chi connectivity index (χ3v) is 3.78. The second kappa shape index (κ2) is 6.17.